The van der Waals surface area contributed by atoms with Gasteiger partial charge in [0.15, 0.2) is 9.84 Å². The van der Waals surface area contributed by atoms with E-state index < -0.39 is 62.3 Å². The highest BCUT2D eigenvalue weighted by Crippen LogP contribution is 2.57. The van der Waals surface area contributed by atoms with E-state index in [1.165, 1.54) is 24.3 Å². The number of sulfone groups is 1. The number of amides is 1. The lowest BCUT2D eigenvalue weighted by atomic mass is 9.90. The van der Waals surface area contributed by atoms with Crippen LogP contribution in [0.5, 0.6) is 0 Å². The number of benzene rings is 2. The monoisotopic (exact) mass is 607 g/mol. The van der Waals surface area contributed by atoms with E-state index in [9.17, 15) is 43.9 Å². The van der Waals surface area contributed by atoms with Crippen LogP contribution < -0.4 is 0 Å². The minimum atomic E-state index is -6.34. The maximum Gasteiger partial charge on any atom is 0.435 e. The van der Waals surface area contributed by atoms with Crippen LogP contribution in [0.25, 0.3) is 5.57 Å². The molecular formula is C28H28F7NO4S. The van der Waals surface area contributed by atoms with Gasteiger partial charge in [-0.1, -0.05) is 42.5 Å². The molecule has 0 spiro atoms. The van der Waals surface area contributed by atoms with E-state index in [-0.39, 0.29) is 29.0 Å². The van der Waals surface area contributed by atoms with Crippen LogP contribution in [0.15, 0.2) is 53.9 Å². The van der Waals surface area contributed by atoms with Crippen molar-refractivity contribution in [2.24, 2.45) is 0 Å². The van der Waals surface area contributed by atoms with Crippen LogP contribution >= 0.6 is 0 Å². The number of rotatable bonds is 4. The van der Waals surface area contributed by atoms with E-state index in [1.807, 2.05) is 0 Å². The molecule has 41 heavy (non-hydrogen) atoms. The van der Waals surface area contributed by atoms with Crippen molar-refractivity contribution in [2.75, 3.05) is 6.54 Å². The van der Waals surface area contributed by atoms with E-state index in [1.54, 1.807) is 27.7 Å². The van der Waals surface area contributed by atoms with Gasteiger partial charge in [0.25, 0.3) is 0 Å². The molecule has 0 N–H and O–H groups in total. The first kappa shape index (κ1) is 30.9. The highest BCUT2D eigenvalue weighted by atomic mass is 32.2. The summed E-state index contributed by atoms with van der Waals surface area (Å²) in [5.41, 5.74) is -7.42. The van der Waals surface area contributed by atoms with Crippen LogP contribution in [0.4, 0.5) is 35.5 Å². The second kappa shape index (κ2) is 9.47. The summed E-state index contributed by atoms with van der Waals surface area (Å²) in [7, 11) is -4.43. The first-order chi connectivity index (χ1) is 18.6. The van der Waals surface area contributed by atoms with Gasteiger partial charge < -0.3 is 9.64 Å². The Morgan fingerprint density at radius 3 is 2.02 bits per heavy atom. The quantitative estimate of drug-likeness (QED) is 0.344. The maximum atomic E-state index is 14.9. The van der Waals surface area contributed by atoms with Crippen LogP contribution in [-0.2, 0) is 31.4 Å². The molecule has 2 atom stereocenters. The van der Waals surface area contributed by atoms with Crippen molar-refractivity contribution in [1.82, 2.24) is 4.90 Å². The molecule has 2 unspecified atom stereocenters. The molecule has 0 aromatic heterocycles. The highest BCUT2D eigenvalue weighted by molar-refractivity contribution is 7.92. The van der Waals surface area contributed by atoms with Crippen molar-refractivity contribution in [3.05, 3.63) is 71.3 Å². The van der Waals surface area contributed by atoms with Crippen LogP contribution in [0, 0.1) is 0 Å². The molecule has 13 heteroatoms. The lowest BCUT2D eigenvalue weighted by Gasteiger charge is -2.34. The number of alkyl halides is 7. The summed E-state index contributed by atoms with van der Waals surface area (Å²) in [6, 6.07) is 5.98. The lowest BCUT2D eigenvalue weighted by molar-refractivity contribution is -0.348. The predicted molar refractivity (Wildman–Crippen MR) is 136 cm³/mol. The number of likely N-dealkylation sites (tertiary alicyclic amines) is 1. The number of nitrogens with zero attached hydrogens (tertiary/aromatic N) is 1. The summed E-state index contributed by atoms with van der Waals surface area (Å²) >= 11 is 0. The third-order valence-corrected chi connectivity index (χ3v) is 10.1. The Bertz CT molecular complexity index is 1480. The zero-order valence-electron chi connectivity index (χ0n) is 22.6. The van der Waals surface area contributed by atoms with E-state index in [0.29, 0.717) is 23.3 Å². The summed E-state index contributed by atoms with van der Waals surface area (Å²) in [4.78, 5) is 14.1. The fourth-order valence-corrected chi connectivity index (χ4v) is 7.99. The highest BCUT2D eigenvalue weighted by Gasteiger charge is 2.74. The van der Waals surface area contributed by atoms with Crippen LogP contribution in [0.2, 0.25) is 0 Å². The number of carbonyl (C=O) groups is 1. The first-order valence-corrected chi connectivity index (χ1v) is 14.0. The van der Waals surface area contributed by atoms with E-state index in [4.69, 9.17) is 4.74 Å². The van der Waals surface area contributed by atoms with Crippen molar-refractivity contribution < 1.29 is 48.7 Å². The minimum absolute atomic E-state index is 0.0898. The second-order valence-corrected chi connectivity index (χ2v) is 13.6. The Kier molecular flexibility index (Phi) is 7.12. The molecule has 1 fully saturated rings. The second-order valence-electron chi connectivity index (χ2n) is 11.4. The van der Waals surface area contributed by atoms with Crippen molar-refractivity contribution >= 4 is 21.5 Å². The molecule has 4 rings (SSSR count). The molecule has 1 saturated heterocycles. The van der Waals surface area contributed by atoms with Gasteiger partial charge in [-0.2, -0.15) is 26.3 Å². The average Bonchev–Trinajstić information content (AvgIpc) is 3.36. The topological polar surface area (TPSA) is 63.7 Å². The van der Waals surface area contributed by atoms with Gasteiger partial charge in [-0.3, -0.25) is 0 Å². The molecule has 5 nitrogen and oxygen atoms in total. The third kappa shape index (κ3) is 4.69. The molecule has 1 aliphatic heterocycles. The Labute approximate surface area is 232 Å². The summed E-state index contributed by atoms with van der Waals surface area (Å²) in [6.45, 7) is 10.2. The summed E-state index contributed by atoms with van der Waals surface area (Å²) in [6.07, 6.45) is -14.2. The maximum absolute atomic E-state index is 14.9. The van der Waals surface area contributed by atoms with Gasteiger partial charge >= 0.3 is 24.1 Å². The van der Waals surface area contributed by atoms with E-state index in [0.717, 1.165) is 11.0 Å². The smallest absolute Gasteiger partial charge is 0.435 e. The normalized spacial score (nSPS) is 21.4. The Morgan fingerprint density at radius 1 is 0.976 bits per heavy atom. The molecule has 1 aliphatic carbocycles. The SMILES string of the molecule is C=C(C)c1ccc(S(=O)(=O)C23CCN(C(=O)OC(C)(C)C)C2Cc2cc(C(F)(C(F)(F)F)C(F)(F)F)ccc23)cc1. The van der Waals surface area contributed by atoms with E-state index in [2.05, 4.69) is 6.58 Å². The zero-order chi connectivity index (χ0) is 31.0. The van der Waals surface area contributed by atoms with Crippen molar-refractivity contribution in [2.45, 2.75) is 79.8 Å². The fraction of sp³-hybridized carbons (Fsp3) is 0.464. The Balaban J connectivity index is 1.92. The van der Waals surface area contributed by atoms with Gasteiger partial charge in [0.1, 0.15) is 10.3 Å². The fourth-order valence-electron chi connectivity index (χ4n) is 5.66. The number of hydrogen-bond donors (Lipinski definition) is 0. The largest absolute Gasteiger partial charge is 0.444 e. The van der Waals surface area contributed by atoms with Gasteiger partial charge in [0.2, 0.25) is 0 Å². The summed E-state index contributed by atoms with van der Waals surface area (Å²) < 4.78 is 128. The average molecular weight is 608 g/mol. The van der Waals surface area contributed by atoms with Gasteiger partial charge in [0, 0.05) is 12.1 Å². The molecule has 2 aromatic carbocycles. The predicted octanol–water partition coefficient (Wildman–Crippen LogP) is 7.24. The standard InChI is InChI=1S/C28H28F7NO4S/c1-16(2)17-6-9-20(10-7-17)41(38,39)25-12-13-36(23(37)40-24(3,4)5)22(25)15-18-14-19(8-11-21(18)25)26(29,27(30,31)32)28(33,34)35/h6-11,14,22H,1,12-13,15H2,2-5H3. The lowest BCUT2D eigenvalue weighted by Crippen LogP contribution is -2.50. The van der Waals surface area contributed by atoms with Gasteiger partial charge in [-0.15, -0.1) is 0 Å². The minimum Gasteiger partial charge on any atom is -0.444 e. The number of fused-ring (bicyclic) bond motifs is 3. The number of ether oxygens (including phenoxy) is 1. The zero-order valence-corrected chi connectivity index (χ0v) is 23.4. The van der Waals surface area contributed by atoms with Crippen LogP contribution in [-0.4, -0.2) is 50.0 Å². The van der Waals surface area contributed by atoms with Crippen molar-refractivity contribution in [3.63, 3.8) is 0 Å². The number of allylic oxidation sites excluding steroid dienone is 1. The number of carbonyl (C=O) groups excluding carboxylic acids is 1. The van der Waals surface area contributed by atoms with Crippen molar-refractivity contribution in [1.29, 1.82) is 0 Å². The molecule has 0 bridgehead atoms. The number of halogens is 7. The summed E-state index contributed by atoms with van der Waals surface area (Å²) in [5, 5.41) is 0. The number of hydrogen-bond acceptors (Lipinski definition) is 4. The van der Waals surface area contributed by atoms with Crippen LogP contribution in [0.3, 0.4) is 0 Å². The molecule has 2 aliphatic rings. The van der Waals surface area contributed by atoms with Gasteiger partial charge in [-0.25, -0.2) is 17.6 Å². The van der Waals surface area contributed by atoms with E-state index >= 15 is 0 Å². The summed E-state index contributed by atoms with van der Waals surface area (Å²) in [5.74, 6) is 0. The Morgan fingerprint density at radius 2 is 1.54 bits per heavy atom. The molecule has 224 valence electrons. The molecule has 1 amide bonds. The Hall–Kier alpha value is -3.09. The molecule has 2 aromatic rings. The van der Waals surface area contributed by atoms with Crippen LogP contribution in [0.1, 0.15) is 56.4 Å². The molecule has 0 radical (unpaired) electrons. The molecule has 1 heterocycles. The van der Waals surface area contributed by atoms with Gasteiger partial charge in [-0.05, 0) is 69.4 Å². The molecule has 0 saturated carbocycles. The van der Waals surface area contributed by atoms with Crippen molar-refractivity contribution in [3.8, 4) is 0 Å². The third-order valence-electron chi connectivity index (χ3n) is 7.56. The molecular weight excluding hydrogens is 579 g/mol. The van der Waals surface area contributed by atoms with Gasteiger partial charge in [0.05, 0.1) is 10.9 Å². The first-order valence-electron chi connectivity index (χ1n) is 12.5.